The van der Waals surface area contributed by atoms with Crippen molar-refractivity contribution in [2.75, 3.05) is 0 Å². The van der Waals surface area contributed by atoms with Crippen molar-refractivity contribution in [1.29, 1.82) is 0 Å². The quantitative estimate of drug-likeness (QED) is 0.159. The molecule has 0 amide bonds. The molecule has 0 saturated carbocycles. The monoisotopic (exact) mass is 690 g/mol. The molecule has 54 heavy (non-hydrogen) atoms. The first-order chi connectivity index (χ1) is 26.7. The van der Waals surface area contributed by atoms with Gasteiger partial charge in [-0.2, -0.15) is 0 Å². The fourth-order valence-corrected chi connectivity index (χ4v) is 6.72. The number of hydrogen-bond acceptors (Lipinski definition) is 4. The second kappa shape index (κ2) is 14.7. The van der Waals surface area contributed by atoms with Gasteiger partial charge < -0.3 is 0 Å². The zero-order valence-corrected chi connectivity index (χ0v) is 29.4. The Morgan fingerprint density at radius 3 is 1.00 bits per heavy atom. The number of pyridine rings is 1. The van der Waals surface area contributed by atoms with E-state index in [-0.39, 0.29) is 0 Å². The van der Waals surface area contributed by atoms with Crippen molar-refractivity contribution in [2.45, 2.75) is 0 Å². The summed E-state index contributed by atoms with van der Waals surface area (Å²) < 4.78 is 0. The standard InChI is InChI=1S/C50H34N4/c1-5-15-35(16-6-1)45-33-46(37-17-7-2-8-18-37)51-47(34-45)38-29-27-36(28-30-38)41-23-13-24-42(31-41)43-25-14-26-44(32-43)50-53-48(39-19-9-3-10-20-39)52-49(54-50)40-21-11-4-12-22-40/h1-34H. The van der Waals surface area contributed by atoms with Gasteiger partial charge in [-0.3, -0.25) is 0 Å². The molecule has 0 N–H and O–H groups in total. The Morgan fingerprint density at radius 2 is 0.500 bits per heavy atom. The maximum Gasteiger partial charge on any atom is 0.164 e. The number of hydrogen-bond donors (Lipinski definition) is 0. The maximum absolute atomic E-state index is 5.12. The van der Waals surface area contributed by atoms with Crippen molar-refractivity contribution in [3.63, 3.8) is 0 Å². The molecule has 2 aromatic heterocycles. The van der Waals surface area contributed by atoms with E-state index < -0.39 is 0 Å². The van der Waals surface area contributed by atoms with Gasteiger partial charge in [0, 0.05) is 27.8 Å². The topological polar surface area (TPSA) is 51.6 Å². The van der Waals surface area contributed by atoms with Crippen LogP contribution in [0.1, 0.15) is 0 Å². The lowest BCUT2D eigenvalue weighted by Gasteiger charge is -2.12. The van der Waals surface area contributed by atoms with Crippen LogP contribution in [0.5, 0.6) is 0 Å². The SMILES string of the molecule is c1ccc(-c2cc(-c3ccccc3)nc(-c3ccc(-c4cccc(-c5cccc(-c6nc(-c7ccccc7)nc(-c7ccccc7)n6)c5)c4)cc3)c2)cc1. The smallest absolute Gasteiger partial charge is 0.164 e. The molecule has 2 heterocycles. The minimum Gasteiger partial charge on any atom is -0.248 e. The Bertz CT molecular complexity index is 2560. The molecule has 7 aromatic carbocycles. The number of benzene rings is 7. The molecule has 0 aliphatic rings. The van der Waals surface area contributed by atoms with Crippen LogP contribution in [0.4, 0.5) is 0 Å². The first-order valence-corrected chi connectivity index (χ1v) is 18.1. The molecule has 0 saturated heterocycles. The molecular formula is C50H34N4. The molecule has 4 heteroatoms. The van der Waals surface area contributed by atoms with Gasteiger partial charge in [0.05, 0.1) is 11.4 Å². The molecule has 0 spiro atoms. The molecule has 0 fully saturated rings. The minimum atomic E-state index is 0.636. The van der Waals surface area contributed by atoms with E-state index in [1.165, 1.54) is 5.56 Å². The minimum absolute atomic E-state index is 0.636. The van der Waals surface area contributed by atoms with Crippen molar-refractivity contribution in [1.82, 2.24) is 19.9 Å². The fraction of sp³-hybridized carbons (Fsp3) is 0. The molecule has 0 atom stereocenters. The van der Waals surface area contributed by atoms with Gasteiger partial charge in [0.1, 0.15) is 0 Å². The van der Waals surface area contributed by atoms with E-state index >= 15 is 0 Å². The number of nitrogens with zero attached hydrogens (tertiary/aromatic N) is 4. The number of rotatable bonds is 8. The van der Waals surface area contributed by atoms with Crippen molar-refractivity contribution in [3.8, 4) is 90.1 Å². The highest BCUT2D eigenvalue weighted by Crippen LogP contribution is 2.33. The van der Waals surface area contributed by atoms with Crippen molar-refractivity contribution < 1.29 is 0 Å². The largest absolute Gasteiger partial charge is 0.248 e. The highest BCUT2D eigenvalue weighted by molar-refractivity contribution is 5.80. The molecule has 254 valence electrons. The van der Waals surface area contributed by atoms with E-state index in [4.69, 9.17) is 19.9 Å². The highest BCUT2D eigenvalue weighted by Gasteiger charge is 2.14. The number of aromatic nitrogens is 4. The summed E-state index contributed by atoms with van der Waals surface area (Å²) in [7, 11) is 0. The van der Waals surface area contributed by atoms with Gasteiger partial charge in [0.2, 0.25) is 0 Å². The third kappa shape index (κ3) is 6.97. The summed E-state index contributed by atoms with van der Waals surface area (Å²) in [4.78, 5) is 19.9. The fourth-order valence-electron chi connectivity index (χ4n) is 6.72. The second-order valence-corrected chi connectivity index (χ2v) is 13.1. The lowest BCUT2D eigenvalue weighted by molar-refractivity contribution is 1.07. The summed E-state index contributed by atoms with van der Waals surface area (Å²) in [6.07, 6.45) is 0. The zero-order valence-electron chi connectivity index (χ0n) is 29.4. The van der Waals surface area contributed by atoms with Crippen LogP contribution in [0.2, 0.25) is 0 Å². The molecule has 0 radical (unpaired) electrons. The van der Waals surface area contributed by atoms with Crippen LogP contribution in [0.25, 0.3) is 90.1 Å². The van der Waals surface area contributed by atoms with Gasteiger partial charge in [-0.05, 0) is 57.6 Å². The van der Waals surface area contributed by atoms with E-state index in [0.717, 1.165) is 67.0 Å². The van der Waals surface area contributed by atoms with Crippen LogP contribution in [0.3, 0.4) is 0 Å². The maximum atomic E-state index is 5.12. The summed E-state index contributed by atoms with van der Waals surface area (Å²) in [6.45, 7) is 0. The van der Waals surface area contributed by atoms with Crippen LogP contribution in [0, 0.1) is 0 Å². The average molecular weight is 691 g/mol. The van der Waals surface area contributed by atoms with E-state index in [1.807, 2.05) is 72.8 Å². The lowest BCUT2D eigenvalue weighted by atomic mass is 9.96. The van der Waals surface area contributed by atoms with Crippen molar-refractivity contribution >= 4 is 0 Å². The summed E-state index contributed by atoms with van der Waals surface area (Å²) in [5.74, 6) is 1.93. The van der Waals surface area contributed by atoms with Gasteiger partial charge in [-0.15, -0.1) is 0 Å². The lowest BCUT2D eigenvalue weighted by Crippen LogP contribution is -2.00. The molecule has 9 rings (SSSR count). The summed E-state index contributed by atoms with van der Waals surface area (Å²) in [5.41, 5.74) is 13.7. The van der Waals surface area contributed by atoms with Crippen LogP contribution < -0.4 is 0 Å². The van der Waals surface area contributed by atoms with Crippen LogP contribution in [0.15, 0.2) is 206 Å². The van der Waals surface area contributed by atoms with Crippen LogP contribution in [-0.2, 0) is 0 Å². The summed E-state index contributed by atoms with van der Waals surface area (Å²) in [6, 6.07) is 71.2. The van der Waals surface area contributed by atoms with Crippen LogP contribution >= 0.6 is 0 Å². The van der Waals surface area contributed by atoms with Crippen LogP contribution in [-0.4, -0.2) is 19.9 Å². The molecule has 9 aromatic rings. The Balaban J connectivity index is 1.04. The van der Waals surface area contributed by atoms with E-state index in [0.29, 0.717) is 17.5 Å². The molecule has 0 bridgehead atoms. The normalized spacial score (nSPS) is 11.0. The third-order valence-corrected chi connectivity index (χ3v) is 9.53. The molecule has 4 nitrogen and oxygen atoms in total. The first kappa shape index (κ1) is 32.6. The zero-order chi connectivity index (χ0) is 36.1. The average Bonchev–Trinajstić information content (AvgIpc) is 3.27. The van der Waals surface area contributed by atoms with E-state index in [1.54, 1.807) is 0 Å². The first-order valence-electron chi connectivity index (χ1n) is 18.1. The van der Waals surface area contributed by atoms with E-state index in [9.17, 15) is 0 Å². The van der Waals surface area contributed by atoms with Gasteiger partial charge in [-0.1, -0.05) is 182 Å². The third-order valence-electron chi connectivity index (χ3n) is 9.53. The molecule has 0 aliphatic heterocycles. The summed E-state index contributed by atoms with van der Waals surface area (Å²) >= 11 is 0. The van der Waals surface area contributed by atoms with Crippen molar-refractivity contribution in [2.24, 2.45) is 0 Å². The Labute approximate surface area is 315 Å². The van der Waals surface area contributed by atoms with Gasteiger partial charge in [0.15, 0.2) is 17.5 Å². The highest BCUT2D eigenvalue weighted by atomic mass is 15.0. The molecule has 0 aliphatic carbocycles. The Morgan fingerprint density at radius 1 is 0.185 bits per heavy atom. The Hall–Kier alpha value is -7.30. The van der Waals surface area contributed by atoms with Gasteiger partial charge in [0.25, 0.3) is 0 Å². The van der Waals surface area contributed by atoms with Gasteiger partial charge >= 0.3 is 0 Å². The van der Waals surface area contributed by atoms with Gasteiger partial charge in [-0.25, -0.2) is 19.9 Å². The molecule has 0 unspecified atom stereocenters. The molecular weight excluding hydrogens is 657 g/mol. The van der Waals surface area contributed by atoms with Crippen molar-refractivity contribution in [3.05, 3.63) is 206 Å². The second-order valence-electron chi connectivity index (χ2n) is 13.1. The predicted molar refractivity (Wildman–Crippen MR) is 221 cm³/mol. The van der Waals surface area contributed by atoms with E-state index in [2.05, 4.69) is 133 Å². The predicted octanol–water partition coefficient (Wildman–Crippen LogP) is 12.6. The Kier molecular flexibility index (Phi) is 8.90. The summed E-state index contributed by atoms with van der Waals surface area (Å²) in [5, 5.41) is 0.